The van der Waals surface area contributed by atoms with Crippen LogP contribution in [0.1, 0.15) is 29.2 Å². The van der Waals surface area contributed by atoms with Crippen LogP contribution in [0.5, 0.6) is 0 Å². The first-order valence-electron chi connectivity index (χ1n) is 10.3. The van der Waals surface area contributed by atoms with Crippen molar-refractivity contribution in [3.63, 3.8) is 0 Å². The molecule has 1 amide bonds. The Balaban J connectivity index is 1.63. The Hall–Kier alpha value is -2.22. The normalized spacial score (nSPS) is 17.0. The Morgan fingerprint density at radius 1 is 0.900 bits per heavy atom. The first-order valence-corrected chi connectivity index (χ1v) is 11.7. The Bertz CT molecular complexity index is 1040. The molecule has 2 aromatic rings. The van der Waals surface area contributed by atoms with E-state index in [1.165, 1.54) is 4.31 Å². The molecule has 1 aliphatic rings. The number of aryl methyl sites for hydroxylation is 4. The standard InChI is InChI=1S/C23H31N3O3S/c1-16-6-7-18(3)22(14-16)24-23(27)20(5)25-10-12-26(13-11-25)30(28,29)21-9-8-17(2)19(4)15-21/h6-9,14-15,20H,10-13H2,1-5H3,(H,24,27)/t20-/m0/s1. The summed E-state index contributed by atoms with van der Waals surface area (Å²) in [5.74, 6) is -0.0748. The van der Waals surface area contributed by atoms with Crippen LogP contribution in [0, 0.1) is 27.7 Å². The van der Waals surface area contributed by atoms with E-state index in [9.17, 15) is 13.2 Å². The van der Waals surface area contributed by atoms with Crippen molar-refractivity contribution in [1.82, 2.24) is 9.21 Å². The number of amides is 1. The monoisotopic (exact) mass is 429 g/mol. The van der Waals surface area contributed by atoms with Gasteiger partial charge < -0.3 is 5.32 Å². The zero-order valence-corrected chi connectivity index (χ0v) is 19.2. The first kappa shape index (κ1) is 22.5. The molecule has 30 heavy (non-hydrogen) atoms. The van der Waals surface area contributed by atoms with E-state index in [1.807, 2.05) is 63.8 Å². The van der Waals surface area contributed by atoms with E-state index in [1.54, 1.807) is 12.1 Å². The molecular weight excluding hydrogens is 398 g/mol. The molecule has 0 spiro atoms. The lowest BCUT2D eigenvalue weighted by Crippen LogP contribution is -2.53. The van der Waals surface area contributed by atoms with Crippen LogP contribution >= 0.6 is 0 Å². The van der Waals surface area contributed by atoms with Crippen molar-refractivity contribution in [2.75, 3.05) is 31.5 Å². The lowest BCUT2D eigenvalue weighted by atomic mass is 10.1. The predicted octanol–water partition coefficient (Wildman–Crippen LogP) is 3.25. The molecular formula is C23H31N3O3S. The molecule has 1 heterocycles. The van der Waals surface area contributed by atoms with Gasteiger partial charge in [0.1, 0.15) is 0 Å². The SMILES string of the molecule is Cc1ccc(C)c(NC(=O)[C@H](C)N2CCN(S(=O)(=O)c3ccc(C)c(C)c3)CC2)c1. The van der Waals surface area contributed by atoms with Gasteiger partial charge in [0, 0.05) is 31.9 Å². The fourth-order valence-corrected chi connectivity index (χ4v) is 5.14. The third kappa shape index (κ3) is 4.74. The molecule has 0 aromatic heterocycles. The molecule has 0 saturated carbocycles. The third-order valence-corrected chi connectivity index (χ3v) is 7.86. The highest BCUT2D eigenvalue weighted by atomic mass is 32.2. The summed E-state index contributed by atoms with van der Waals surface area (Å²) in [5.41, 5.74) is 4.97. The second kappa shape index (κ2) is 8.88. The fraction of sp³-hybridized carbons (Fsp3) is 0.435. The van der Waals surface area contributed by atoms with Gasteiger partial charge in [-0.25, -0.2) is 8.42 Å². The van der Waals surface area contributed by atoms with E-state index < -0.39 is 10.0 Å². The molecule has 1 N–H and O–H groups in total. The number of benzene rings is 2. The molecule has 2 aromatic carbocycles. The molecule has 1 aliphatic heterocycles. The number of piperazine rings is 1. The highest BCUT2D eigenvalue weighted by molar-refractivity contribution is 7.89. The van der Waals surface area contributed by atoms with Gasteiger partial charge >= 0.3 is 0 Å². The molecule has 1 saturated heterocycles. The third-order valence-electron chi connectivity index (χ3n) is 5.97. The molecule has 162 valence electrons. The maximum atomic E-state index is 13.0. The van der Waals surface area contributed by atoms with Gasteiger partial charge in [-0.2, -0.15) is 4.31 Å². The van der Waals surface area contributed by atoms with Crippen LogP contribution in [0.3, 0.4) is 0 Å². The van der Waals surface area contributed by atoms with Crippen LogP contribution in [-0.4, -0.2) is 55.8 Å². The van der Waals surface area contributed by atoms with Crippen molar-refractivity contribution in [1.29, 1.82) is 0 Å². The van der Waals surface area contributed by atoms with E-state index in [4.69, 9.17) is 0 Å². The Morgan fingerprint density at radius 2 is 1.53 bits per heavy atom. The number of anilines is 1. The average molecular weight is 430 g/mol. The van der Waals surface area contributed by atoms with E-state index in [2.05, 4.69) is 5.32 Å². The minimum Gasteiger partial charge on any atom is -0.324 e. The van der Waals surface area contributed by atoms with Gasteiger partial charge in [0.2, 0.25) is 15.9 Å². The van der Waals surface area contributed by atoms with Gasteiger partial charge in [-0.05, 0) is 75.1 Å². The first-order chi connectivity index (χ1) is 14.1. The quantitative estimate of drug-likeness (QED) is 0.792. The zero-order chi connectivity index (χ0) is 22.1. The lowest BCUT2D eigenvalue weighted by Gasteiger charge is -2.36. The van der Waals surface area contributed by atoms with E-state index in [0.29, 0.717) is 31.1 Å². The minimum absolute atomic E-state index is 0.0748. The van der Waals surface area contributed by atoms with Crippen molar-refractivity contribution in [3.8, 4) is 0 Å². The summed E-state index contributed by atoms with van der Waals surface area (Å²) >= 11 is 0. The summed E-state index contributed by atoms with van der Waals surface area (Å²) < 4.78 is 27.5. The molecule has 0 aliphatic carbocycles. The van der Waals surface area contributed by atoms with Gasteiger partial charge in [0.15, 0.2) is 0 Å². The number of rotatable bonds is 5. The molecule has 1 fully saturated rings. The number of hydrogen-bond acceptors (Lipinski definition) is 4. The van der Waals surface area contributed by atoms with Crippen LogP contribution in [0.2, 0.25) is 0 Å². The second-order valence-electron chi connectivity index (χ2n) is 8.17. The van der Waals surface area contributed by atoms with Crippen LogP contribution in [0.25, 0.3) is 0 Å². The number of nitrogens with zero attached hydrogens (tertiary/aromatic N) is 2. The van der Waals surface area contributed by atoms with E-state index in [-0.39, 0.29) is 11.9 Å². The van der Waals surface area contributed by atoms with Crippen molar-refractivity contribution in [3.05, 3.63) is 58.7 Å². The summed E-state index contributed by atoms with van der Waals surface area (Å²) in [6.07, 6.45) is 0. The molecule has 0 radical (unpaired) electrons. The summed E-state index contributed by atoms with van der Waals surface area (Å²) in [7, 11) is -3.52. The summed E-state index contributed by atoms with van der Waals surface area (Å²) in [4.78, 5) is 15.1. The average Bonchev–Trinajstić information content (AvgIpc) is 2.72. The van der Waals surface area contributed by atoms with Crippen LogP contribution in [0.15, 0.2) is 41.3 Å². The van der Waals surface area contributed by atoms with Crippen LogP contribution in [-0.2, 0) is 14.8 Å². The van der Waals surface area contributed by atoms with Gasteiger partial charge in [-0.1, -0.05) is 18.2 Å². The molecule has 7 heteroatoms. The number of sulfonamides is 1. The van der Waals surface area contributed by atoms with E-state index >= 15 is 0 Å². The van der Waals surface area contributed by atoms with Crippen molar-refractivity contribution < 1.29 is 13.2 Å². The second-order valence-corrected chi connectivity index (χ2v) is 10.1. The topological polar surface area (TPSA) is 69.7 Å². The minimum atomic E-state index is -3.52. The van der Waals surface area contributed by atoms with Crippen LogP contribution in [0.4, 0.5) is 5.69 Å². The summed E-state index contributed by atoms with van der Waals surface area (Å²) in [6, 6.07) is 10.9. The van der Waals surface area contributed by atoms with Crippen LogP contribution < -0.4 is 5.32 Å². The van der Waals surface area contributed by atoms with Gasteiger partial charge in [0.05, 0.1) is 10.9 Å². The van der Waals surface area contributed by atoms with Crippen molar-refractivity contribution in [2.45, 2.75) is 45.6 Å². The van der Waals surface area contributed by atoms with Gasteiger partial charge in [-0.3, -0.25) is 9.69 Å². The number of hydrogen-bond donors (Lipinski definition) is 1. The summed E-state index contributed by atoms with van der Waals surface area (Å²) in [5, 5.41) is 3.01. The molecule has 0 unspecified atom stereocenters. The summed E-state index contributed by atoms with van der Waals surface area (Å²) in [6.45, 7) is 11.5. The largest absolute Gasteiger partial charge is 0.324 e. The number of carbonyl (C=O) groups is 1. The van der Waals surface area contributed by atoms with Gasteiger partial charge in [0.25, 0.3) is 0 Å². The Morgan fingerprint density at radius 3 is 2.17 bits per heavy atom. The number of carbonyl (C=O) groups excluding carboxylic acids is 1. The molecule has 6 nitrogen and oxygen atoms in total. The highest BCUT2D eigenvalue weighted by Crippen LogP contribution is 2.22. The Labute approximate surface area is 179 Å². The van der Waals surface area contributed by atoms with E-state index in [0.717, 1.165) is 27.9 Å². The molecule has 3 rings (SSSR count). The number of nitrogens with one attached hydrogen (secondary N) is 1. The zero-order valence-electron chi connectivity index (χ0n) is 18.4. The lowest BCUT2D eigenvalue weighted by molar-refractivity contribution is -0.121. The van der Waals surface area contributed by atoms with Gasteiger partial charge in [-0.15, -0.1) is 0 Å². The fourth-order valence-electron chi connectivity index (χ4n) is 3.63. The molecule has 1 atom stereocenters. The smallest absolute Gasteiger partial charge is 0.243 e. The highest BCUT2D eigenvalue weighted by Gasteiger charge is 2.32. The predicted molar refractivity (Wildman–Crippen MR) is 120 cm³/mol. The van der Waals surface area contributed by atoms with Crippen molar-refractivity contribution in [2.24, 2.45) is 0 Å². The molecule has 0 bridgehead atoms. The Kier molecular flexibility index (Phi) is 6.65. The maximum absolute atomic E-state index is 13.0. The maximum Gasteiger partial charge on any atom is 0.243 e. The van der Waals surface area contributed by atoms with Crippen molar-refractivity contribution >= 4 is 21.6 Å².